The number of hydrogen-bond donors (Lipinski definition) is 2. The minimum atomic E-state index is -1.10. The van der Waals surface area contributed by atoms with Crippen LogP contribution in [0, 0.1) is 5.41 Å². The van der Waals surface area contributed by atoms with Gasteiger partial charge >= 0.3 is 5.97 Å². The van der Waals surface area contributed by atoms with E-state index in [1.165, 1.54) is 0 Å². The standard InChI is InChI=1S/C12H22N2O3/c1-3-14(4-2)9-5-8-13-10(15)12(6-7-12)11(16)17/h3-9H2,1-2H3,(H,13,15)(H,16,17). The van der Waals surface area contributed by atoms with Gasteiger partial charge in [0, 0.05) is 6.54 Å². The lowest BCUT2D eigenvalue weighted by Crippen LogP contribution is -2.38. The van der Waals surface area contributed by atoms with E-state index in [1.807, 2.05) is 0 Å². The predicted octanol–water partition coefficient (Wildman–Crippen LogP) is 0.699. The lowest BCUT2D eigenvalue weighted by molar-refractivity contribution is -0.149. The second kappa shape index (κ2) is 6.00. The van der Waals surface area contributed by atoms with E-state index in [-0.39, 0.29) is 5.91 Å². The molecule has 0 saturated heterocycles. The van der Waals surface area contributed by atoms with Gasteiger partial charge in [0.15, 0.2) is 0 Å². The largest absolute Gasteiger partial charge is 0.480 e. The Hall–Kier alpha value is -1.10. The Bertz CT molecular complexity index is 283. The second-order valence-electron chi connectivity index (χ2n) is 4.52. The van der Waals surface area contributed by atoms with Gasteiger partial charge in [0.1, 0.15) is 5.41 Å². The van der Waals surface area contributed by atoms with Gasteiger partial charge in [0.2, 0.25) is 5.91 Å². The van der Waals surface area contributed by atoms with Crippen molar-refractivity contribution in [1.29, 1.82) is 0 Å². The normalized spacial score (nSPS) is 16.9. The molecule has 0 atom stereocenters. The highest BCUT2D eigenvalue weighted by Gasteiger charge is 2.56. The number of nitrogens with one attached hydrogen (secondary N) is 1. The molecule has 5 nitrogen and oxygen atoms in total. The van der Waals surface area contributed by atoms with E-state index < -0.39 is 11.4 Å². The van der Waals surface area contributed by atoms with Crippen molar-refractivity contribution in [2.75, 3.05) is 26.2 Å². The van der Waals surface area contributed by atoms with Gasteiger partial charge in [-0.15, -0.1) is 0 Å². The highest BCUT2D eigenvalue weighted by Crippen LogP contribution is 2.45. The molecule has 0 aromatic rings. The molecular weight excluding hydrogens is 220 g/mol. The summed E-state index contributed by atoms with van der Waals surface area (Å²) in [5.41, 5.74) is -1.10. The predicted molar refractivity (Wildman–Crippen MR) is 64.7 cm³/mol. The number of carbonyl (C=O) groups excluding carboxylic acids is 1. The molecule has 2 N–H and O–H groups in total. The van der Waals surface area contributed by atoms with Crippen LogP contribution in [0.4, 0.5) is 0 Å². The van der Waals surface area contributed by atoms with Crippen LogP contribution in [0.25, 0.3) is 0 Å². The zero-order valence-electron chi connectivity index (χ0n) is 10.7. The third kappa shape index (κ3) is 3.43. The van der Waals surface area contributed by atoms with Crippen molar-refractivity contribution in [2.24, 2.45) is 5.41 Å². The summed E-state index contributed by atoms with van der Waals surface area (Å²) < 4.78 is 0. The van der Waals surface area contributed by atoms with E-state index in [1.54, 1.807) is 0 Å². The topological polar surface area (TPSA) is 69.6 Å². The number of rotatable bonds is 8. The second-order valence-corrected chi connectivity index (χ2v) is 4.52. The first kappa shape index (κ1) is 14.0. The molecule has 1 fully saturated rings. The number of hydrogen-bond acceptors (Lipinski definition) is 3. The van der Waals surface area contributed by atoms with Crippen molar-refractivity contribution >= 4 is 11.9 Å². The SMILES string of the molecule is CCN(CC)CCCNC(=O)C1(C(=O)O)CC1. The van der Waals surface area contributed by atoms with Crippen molar-refractivity contribution in [2.45, 2.75) is 33.1 Å². The highest BCUT2D eigenvalue weighted by molar-refractivity contribution is 6.04. The van der Waals surface area contributed by atoms with Crippen LogP contribution in [0.2, 0.25) is 0 Å². The number of carbonyl (C=O) groups is 2. The Morgan fingerprint density at radius 2 is 1.88 bits per heavy atom. The summed E-state index contributed by atoms with van der Waals surface area (Å²) in [7, 11) is 0. The van der Waals surface area contributed by atoms with Crippen LogP contribution in [-0.4, -0.2) is 48.1 Å². The minimum Gasteiger partial charge on any atom is -0.480 e. The summed E-state index contributed by atoms with van der Waals surface area (Å²) in [6, 6.07) is 0. The van der Waals surface area contributed by atoms with Gasteiger partial charge in [-0.1, -0.05) is 13.8 Å². The zero-order chi connectivity index (χ0) is 12.9. The molecule has 17 heavy (non-hydrogen) atoms. The van der Waals surface area contributed by atoms with Crippen molar-refractivity contribution in [3.05, 3.63) is 0 Å². The maximum atomic E-state index is 11.6. The number of aliphatic carboxylic acids is 1. The Morgan fingerprint density at radius 1 is 1.29 bits per heavy atom. The van der Waals surface area contributed by atoms with Gasteiger partial charge < -0.3 is 15.3 Å². The molecule has 1 amide bonds. The van der Waals surface area contributed by atoms with Gasteiger partial charge in [-0.25, -0.2) is 0 Å². The van der Waals surface area contributed by atoms with Gasteiger partial charge in [-0.3, -0.25) is 9.59 Å². The monoisotopic (exact) mass is 242 g/mol. The first-order valence-electron chi connectivity index (χ1n) is 6.31. The summed E-state index contributed by atoms with van der Waals surface area (Å²) in [5.74, 6) is -1.30. The van der Waals surface area contributed by atoms with Crippen molar-refractivity contribution in [3.8, 4) is 0 Å². The van der Waals surface area contributed by atoms with E-state index in [0.717, 1.165) is 26.1 Å². The van der Waals surface area contributed by atoms with E-state index in [2.05, 4.69) is 24.1 Å². The lowest BCUT2D eigenvalue weighted by Gasteiger charge is -2.18. The quantitative estimate of drug-likeness (QED) is 0.485. The molecule has 0 unspecified atom stereocenters. The molecule has 0 radical (unpaired) electrons. The van der Waals surface area contributed by atoms with Gasteiger partial charge in [-0.2, -0.15) is 0 Å². The number of amides is 1. The highest BCUT2D eigenvalue weighted by atomic mass is 16.4. The van der Waals surface area contributed by atoms with Crippen LogP contribution in [0.1, 0.15) is 33.1 Å². The first-order chi connectivity index (χ1) is 8.06. The molecule has 0 heterocycles. The Kier molecular flexibility index (Phi) is 4.93. The van der Waals surface area contributed by atoms with Gasteiger partial charge in [0.05, 0.1) is 0 Å². The third-order valence-corrected chi connectivity index (χ3v) is 3.43. The van der Waals surface area contributed by atoms with Crippen LogP contribution in [-0.2, 0) is 9.59 Å². The van der Waals surface area contributed by atoms with Crippen LogP contribution < -0.4 is 5.32 Å². The molecule has 5 heteroatoms. The maximum Gasteiger partial charge on any atom is 0.319 e. The van der Waals surface area contributed by atoms with Crippen molar-refractivity contribution in [3.63, 3.8) is 0 Å². The van der Waals surface area contributed by atoms with Crippen molar-refractivity contribution in [1.82, 2.24) is 10.2 Å². The molecule has 0 bridgehead atoms. The van der Waals surface area contributed by atoms with Crippen LogP contribution >= 0.6 is 0 Å². The van der Waals surface area contributed by atoms with Gasteiger partial charge in [0.25, 0.3) is 0 Å². The van der Waals surface area contributed by atoms with E-state index in [4.69, 9.17) is 5.11 Å². The average Bonchev–Trinajstić information content (AvgIpc) is 3.10. The van der Waals surface area contributed by atoms with Gasteiger partial charge in [-0.05, 0) is 38.9 Å². The fraction of sp³-hybridized carbons (Fsp3) is 0.833. The molecule has 0 aromatic heterocycles. The molecule has 0 spiro atoms. The average molecular weight is 242 g/mol. The Labute approximate surface area is 102 Å². The molecule has 1 saturated carbocycles. The summed E-state index contributed by atoms with van der Waals surface area (Å²) in [5, 5.41) is 11.6. The smallest absolute Gasteiger partial charge is 0.319 e. The molecule has 1 aliphatic carbocycles. The molecule has 0 aliphatic heterocycles. The van der Waals surface area contributed by atoms with E-state index in [0.29, 0.717) is 19.4 Å². The number of nitrogens with zero attached hydrogens (tertiary/aromatic N) is 1. The number of carboxylic acid groups (broad SMARTS) is 1. The van der Waals surface area contributed by atoms with Crippen LogP contribution in [0.3, 0.4) is 0 Å². The molecule has 1 rings (SSSR count). The van der Waals surface area contributed by atoms with Crippen LogP contribution in [0.15, 0.2) is 0 Å². The summed E-state index contributed by atoms with van der Waals surface area (Å²) in [6.45, 7) is 7.71. The summed E-state index contributed by atoms with van der Waals surface area (Å²) >= 11 is 0. The zero-order valence-corrected chi connectivity index (χ0v) is 10.7. The lowest BCUT2D eigenvalue weighted by atomic mass is 10.1. The fourth-order valence-electron chi connectivity index (χ4n) is 1.88. The van der Waals surface area contributed by atoms with Crippen molar-refractivity contribution < 1.29 is 14.7 Å². The fourth-order valence-corrected chi connectivity index (χ4v) is 1.88. The molecule has 98 valence electrons. The third-order valence-electron chi connectivity index (χ3n) is 3.43. The maximum absolute atomic E-state index is 11.6. The Balaban J connectivity index is 2.19. The first-order valence-corrected chi connectivity index (χ1v) is 6.31. The Morgan fingerprint density at radius 3 is 2.29 bits per heavy atom. The van der Waals surface area contributed by atoms with Crippen LogP contribution in [0.5, 0.6) is 0 Å². The van der Waals surface area contributed by atoms with E-state index >= 15 is 0 Å². The summed E-state index contributed by atoms with van der Waals surface area (Å²) in [4.78, 5) is 24.8. The molecular formula is C12H22N2O3. The minimum absolute atomic E-state index is 0.315. The van der Waals surface area contributed by atoms with E-state index in [9.17, 15) is 9.59 Å². The summed E-state index contributed by atoms with van der Waals surface area (Å²) in [6.07, 6.45) is 1.82. The molecule has 1 aliphatic rings. The number of carboxylic acids is 1. The molecule has 0 aromatic carbocycles.